The molecule has 0 aliphatic rings. The summed E-state index contributed by atoms with van der Waals surface area (Å²) >= 11 is 0. The van der Waals surface area contributed by atoms with Crippen LogP contribution in [0.1, 0.15) is 38.7 Å². The third-order valence-corrected chi connectivity index (χ3v) is 4.13. The van der Waals surface area contributed by atoms with Crippen molar-refractivity contribution in [1.29, 1.82) is 0 Å². The molecule has 0 unspecified atom stereocenters. The first kappa shape index (κ1) is 15.0. The second-order valence-electron chi connectivity index (χ2n) is 4.46. The maximum Gasteiger partial charge on any atom is 0.240 e. The fourth-order valence-corrected chi connectivity index (χ4v) is 2.82. The van der Waals surface area contributed by atoms with E-state index in [1.165, 1.54) is 0 Å². The largest absolute Gasteiger partial charge is 0.496 e. The lowest BCUT2D eigenvalue weighted by atomic mass is 10.0. The van der Waals surface area contributed by atoms with Crippen molar-refractivity contribution in [1.82, 2.24) is 4.72 Å². The quantitative estimate of drug-likeness (QED) is 0.865. The van der Waals surface area contributed by atoms with Crippen molar-refractivity contribution in [3.8, 4) is 5.75 Å². The Balaban J connectivity index is 3.15. The Bertz CT molecular complexity index is 495. The lowest BCUT2D eigenvalue weighted by Crippen LogP contribution is -2.24. The summed E-state index contributed by atoms with van der Waals surface area (Å²) in [6, 6.07) is 4.96. The molecule has 1 aromatic rings. The van der Waals surface area contributed by atoms with Crippen LogP contribution in [0.5, 0.6) is 5.75 Å². The average molecular weight is 271 g/mol. The predicted molar refractivity (Wildman–Crippen MR) is 72.6 cm³/mol. The number of rotatable bonds is 6. The number of hydrogen-bond donors (Lipinski definition) is 1. The van der Waals surface area contributed by atoms with Gasteiger partial charge in [0.1, 0.15) is 5.75 Å². The molecule has 1 aromatic carbocycles. The van der Waals surface area contributed by atoms with Gasteiger partial charge in [0, 0.05) is 6.54 Å². The third-order valence-electron chi connectivity index (χ3n) is 2.68. The molecule has 5 heteroatoms. The van der Waals surface area contributed by atoms with Gasteiger partial charge in [-0.1, -0.05) is 20.8 Å². The van der Waals surface area contributed by atoms with E-state index >= 15 is 0 Å². The van der Waals surface area contributed by atoms with Gasteiger partial charge in [-0.2, -0.15) is 0 Å². The van der Waals surface area contributed by atoms with Crippen LogP contribution in [0, 0.1) is 0 Å². The van der Waals surface area contributed by atoms with Crippen LogP contribution < -0.4 is 9.46 Å². The monoisotopic (exact) mass is 271 g/mol. The van der Waals surface area contributed by atoms with Gasteiger partial charge in [0.15, 0.2) is 0 Å². The summed E-state index contributed by atoms with van der Waals surface area (Å²) < 4.78 is 31.8. The topological polar surface area (TPSA) is 55.4 Å². The van der Waals surface area contributed by atoms with Crippen molar-refractivity contribution in [3.63, 3.8) is 0 Å². The Morgan fingerprint density at radius 3 is 2.50 bits per heavy atom. The molecule has 18 heavy (non-hydrogen) atoms. The molecule has 0 saturated heterocycles. The van der Waals surface area contributed by atoms with Gasteiger partial charge in [-0.25, -0.2) is 13.1 Å². The molecule has 1 N–H and O–H groups in total. The number of benzene rings is 1. The maximum absolute atomic E-state index is 12.0. The fourth-order valence-electron chi connectivity index (χ4n) is 1.65. The van der Waals surface area contributed by atoms with Crippen LogP contribution in [-0.2, 0) is 10.0 Å². The average Bonchev–Trinajstić information content (AvgIpc) is 2.35. The lowest BCUT2D eigenvalue weighted by Gasteiger charge is -2.14. The van der Waals surface area contributed by atoms with Crippen molar-refractivity contribution in [2.45, 2.75) is 38.0 Å². The zero-order chi connectivity index (χ0) is 13.8. The molecule has 0 fully saturated rings. The highest BCUT2D eigenvalue weighted by Gasteiger charge is 2.16. The summed E-state index contributed by atoms with van der Waals surface area (Å²) in [5, 5.41) is 0. The van der Waals surface area contributed by atoms with E-state index in [2.05, 4.69) is 4.72 Å². The number of nitrogens with one attached hydrogen (secondary N) is 1. The smallest absolute Gasteiger partial charge is 0.240 e. The van der Waals surface area contributed by atoms with Crippen LogP contribution in [0.2, 0.25) is 0 Å². The first-order valence-corrected chi connectivity index (χ1v) is 7.58. The summed E-state index contributed by atoms with van der Waals surface area (Å²) in [6.07, 6.45) is 0.770. The highest BCUT2D eigenvalue weighted by Crippen LogP contribution is 2.28. The molecule has 1 rings (SSSR count). The molecule has 0 aliphatic carbocycles. The van der Waals surface area contributed by atoms with Gasteiger partial charge in [0.2, 0.25) is 10.0 Å². The molecular weight excluding hydrogens is 250 g/mol. The van der Waals surface area contributed by atoms with E-state index in [1.54, 1.807) is 25.3 Å². The summed E-state index contributed by atoms with van der Waals surface area (Å²) in [7, 11) is -1.82. The summed E-state index contributed by atoms with van der Waals surface area (Å²) in [4.78, 5) is 0.292. The van der Waals surface area contributed by atoms with Crippen molar-refractivity contribution in [2.24, 2.45) is 0 Å². The van der Waals surface area contributed by atoms with Crippen LogP contribution in [0.25, 0.3) is 0 Å². The fraction of sp³-hybridized carbons (Fsp3) is 0.538. The van der Waals surface area contributed by atoms with Crippen molar-refractivity contribution in [2.75, 3.05) is 13.7 Å². The van der Waals surface area contributed by atoms with Gasteiger partial charge < -0.3 is 4.74 Å². The minimum absolute atomic E-state index is 0.210. The molecule has 4 nitrogen and oxygen atoms in total. The number of hydrogen-bond acceptors (Lipinski definition) is 3. The Morgan fingerprint density at radius 2 is 2.00 bits per heavy atom. The van der Waals surface area contributed by atoms with E-state index in [0.717, 1.165) is 17.7 Å². The minimum atomic E-state index is -3.41. The Hall–Kier alpha value is -1.07. The lowest BCUT2D eigenvalue weighted by molar-refractivity contribution is 0.407. The second-order valence-corrected chi connectivity index (χ2v) is 6.22. The molecular formula is C13H21NO3S. The van der Waals surface area contributed by atoms with Crippen molar-refractivity contribution >= 4 is 10.0 Å². The summed E-state index contributed by atoms with van der Waals surface area (Å²) in [5.41, 5.74) is 0.900. The van der Waals surface area contributed by atoms with Gasteiger partial charge >= 0.3 is 0 Å². The second kappa shape index (κ2) is 6.20. The van der Waals surface area contributed by atoms with E-state index < -0.39 is 10.0 Å². The highest BCUT2D eigenvalue weighted by atomic mass is 32.2. The number of methoxy groups -OCH3 is 1. The molecule has 0 amide bonds. The molecule has 0 atom stereocenters. The minimum Gasteiger partial charge on any atom is -0.496 e. The molecule has 0 radical (unpaired) electrons. The summed E-state index contributed by atoms with van der Waals surface area (Å²) in [6.45, 7) is 6.39. The maximum atomic E-state index is 12.0. The standard InChI is InChI=1S/C13H21NO3S/c1-5-8-14-18(15,16)11-6-7-13(17-4)12(9-11)10(2)3/h6-7,9-10,14H,5,8H2,1-4H3. The Morgan fingerprint density at radius 1 is 1.33 bits per heavy atom. The first-order valence-electron chi connectivity index (χ1n) is 6.10. The highest BCUT2D eigenvalue weighted by molar-refractivity contribution is 7.89. The van der Waals surface area contributed by atoms with E-state index in [4.69, 9.17) is 4.74 Å². The summed E-state index contributed by atoms with van der Waals surface area (Å²) in [5.74, 6) is 0.931. The van der Waals surface area contributed by atoms with Gasteiger partial charge in [-0.3, -0.25) is 0 Å². The van der Waals surface area contributed by atoms with Gasteiger partial charge in [0.05, 0.1) is 12.0 Å². The van der Waals surface area contributed by atoms with Crippen molar-refractivity contribution in [3.05, 3.63) is 23.8 Å². The third kappa shape index (κ3) is 3.46. The Kier molecular flexibility index (Phi) is 5.16. The van der Waals surface area contributed by atoms with Crippen LogP contribution in [0.15, 0.2) is 23.1 Å². The van der Waals surface area contributed by atoms with Gasteiger partial charge in [-0.15, -0.1) is 0 Å². The zero-order valence-electron chi connectivity index (χ0n) is 11.4. The molecule has 102 valence electrons. The normalized spacial score (nSPS) is 11.8. The van der Waals surface area contributed by atoms with E-state index in [1.807, 2.05) is 20.8 Å². The molecule has 0 saturated carbocycles. The zero-order valence-corrected chi connectivity index (χ0v) is 12.2. The van der Waals surface area contributed by atoms with Crippen molar-refractivity contribution < 1.29 is 13.2 Å². The van der Waals surface area contributed by atoms with Gasteiger partial charge in [-0.05, 0) is 36.1 Å². The SMILES string of the molecule is CCCNS(=O)(=O)c1ccc(OC)c(C(C)C)c1. The van der Waals surface area contributed by atoms with Crippen LogP contribution >= 0.6 is 0 Å². The van der Waals surface area contributed by atoms with Gasteiger partial charge in [0.25, 0.3) is 0 Å². The molecule has 0 spiro atoms. The number of ether oxygens (including phenoxy) is 1. The predicted octanol–water partition coefficient (Wildman–Crippen LogP) is 2.51. The first-order chi connectivity index (χ1) is 8.42. The van der Waals surface area contributed by atoms with Crippen LogP contribution in [0.4, 0.5) is 0 Å². The molecule has 0 aromatic heterocycles. The van der Waals surface area contributed by atoms with E-state index in [0.29, 0.717) is 11.4 Å². The van der Waals surface area contributed by atoms with Crippen LogP contribution in [-0.4, -0.2) is 22.1 Å². The van der Waals surface area contributed by atoms with Crippen LogP contribution in [0.3, 0.4) is 0 Å². The van der Waals surface area contributed by atoms with E-state index in [9.17, 15) is 8.42 Å². The molecule has 0 aliphatic heterocycles. The van der Waals surface area contributed by atoms with E-state index in [-0.39, 0.29) is 5.92 Å². The molecule has 0 bridgehead atoms. The molecule has 0 heterocycles. The Labute approximate surface area is 109 Å². The number of sulfonamides is 1.